The molecule has 1 atom stereocenters. The molecule has 24 heavy (non-hydrogen) atoms. The van der Waals surface area contributed by atoms with E-state index < -0.39 is 29.6 Å². The Morgan fingerprint density at radius 3 is 2.71 bits per heavy atom. The maximum atomic E-state index is 13.2. The summed E-state index contributed by atoms with van der Waals surface area (Å²) in [5, 5.41) is 24.7. The number of hydrogen-bond acceptors (Lipinski definition) is 7. The molecule has 0 spiro atoms. The number of benzene rings is 1. The zero-order valence-corrected chi connectivity index (χ0v) is 13.1. The molecule has 0 fully saturated rings. The largest absolute Gasteiger partial charge is 0.502 e. The lowest BCUT2D eigenvalue weighted by molar-refractivity contribution is 0.234. The molecular formula is C16H13FN2O4S. The summed E-state index contributed by atoms with van der Waals surface area (Å²) in [6.07, 6.45) is 1.59. The highest BCUT2D eigenvalue weighted by molar-refractivity contribution is 7.13. The molecule has 0 saturated carbocycles. The number of aliphatic hydroxyl groups is 1. The van der Waals surface area contributed by atoms with E-state index in [-0.39, 0.29) is 11.5 Å². The van der Waals surface area contributed by atoms with Gasteiger partial charge in [0.2, 0.25) is 11.2 Å². The number of thiazole rings is 1. The van der Waals surface area contributed by atoms with Crippen LogP contribution in [0.4, 0.5) is 9.52 Å². The third kappa shape index (κ3) is 3.29. The highest BCUT2D eigenvalue weighted by Crippen LogP contribution is 2.32. The molecule has 0 aliphatic heterocycles. The zero-order valence-electron chi connectivity index (χ0n) is 12.3. The molecule has 0 radical (unpaired) electrons. The first-order valence-corrected chi connectivity index (χ1v) is 7.84. The fourth-order valence-corrected chi connectivity index (χ4v) is 2.76. The van der Waals surface area contributed by atoms with Gasteiger partial charge in [-0.25, -0.2) is 9.37 Å². The zero-order chi connectivity index (χ0) is 17.1. The van der Waals surface area contributed by atoms with Gasteiger partial charge in [0, 0.05) is 17.6 Å². The lowest BCUT2D eigenvalue weighted by Crippen LogP contribution is -2.16. The molecule has 0 saturated heterocycles. The molecule has 3 N–H and O–H groups in total. The standard InChI is InChI=1S/C16H13FN2O4S/c17-10-3-1-9(2-4-10)13(19-16-18-5-6-24-16)15-14(22)12(21)7-11(8-20)23-15/h1-7,13,20,22H,8H2,(H,18,19)/t13-/m0/s1. The van der Waals surface area contributed by atoms with Gasteiger partial charge in [0.1, 0.15) is 24.2 Å². The van der Waals surface area contributed by atoms with E-state index in [0.29, 0.717) is 10.7 Å². The van der Waals surface area contributed by atoms with Gasteiger partial charge in [0.15, 0.2) is 10.9 Å². The Hall–Kier alpha value is -2.71. The number of nitrogens with zero attached hydrogens (tertiary/aromatic N) is 1. The van der Waals surface area contributed by atoms with Crippen LogP contribution in [0.15, 0.2) is 51.1 Å². The van der Waals surface area contributed by atoms with Gasteiger partial charge in [-0.2, -0.15) is 0 Å². The Morgan fingerprint density at radius 2 is 2.08 bits per heavy atom. The SMILES string of the molecule is O=c1cc(CO)oc([C@@H](Nc2nccs2)c2ccc(F)cc2)c1O. The average molecular weight is 348 g/mol. The van der Waals surface area contributed by atoms with E-state index in [1.54, 1.807) is 11.6 Å². The Kier molecular flexibility index (Phi) is 4.59. The summed E-state index contributed by atoms with van der Waals surface area (Å²) in [7, 11) is 0. The molecule has 0 aliphatic carbocycles. The molecule has 2 heterocycles. The number of aromatic hydroxyl groups is 1. The maximum absolute atomic E-state index is 13.2. The van der Waals surface area contributed by atoms with Crippen molar-refractivity contribution in [2.45, 2.75) is 12.6 Å². The van der Waals surface area contributed by atoms with E-state index in [1.165, 1.54) is 35.6 Å². The van der Waals surface area contributed by atoms with Crippen molar-refractivity contribution in [1.82, 2.24) is 4.98 Å². The Morgan fingerprint density at radius 1 is 1.33 bits per heavy atom. The lowest BCUT2D eigenvalue weighted by Gasteiger charge is -2.19. The highest BCUT2D eigenvalue weighted by atomic mass is 32.1. The van der Waals surface area contributed by atoms with Crippen molar-refractivity contribution in [3.05, 3.63) is 75.0 Å². The molecule has 6 nitrogen and oxygen atoms in total. The number of nitrogens with one attached hydrogen (secondary N) is 1. The van der Waals surface area contributed by atoms with Crippen LogP contribution in [0.3, 0.4) is 0 Å². The molecule has 0 bridgehead atoms. The average Bonchev–Trinajstić information content (AvgIpc) is 3.09. The van der Waals surface area contributed by atoms with Gasteiger partial charge in [-0.1, -0.05) is 12.1 Å². The first-order valence-electron chi connectivity index (χ1n) is 6.96. The third-order valence-corrected chi connectivity index (χ3v) is 4.03. The van der Waals surface area contributed by atoms with Crippen LogP contribution in [0, 0.1) is 5.82 Å². The summed E-state index contributed by atoms with van der Waals surface area (Å²) in [5.41, 5.74) is -0.117. The number of anilines is 1. The lowest BCUT2D eigenvalue weighted by atomic mass is 10.0. The summed E-state index contributed by atoms with van der Waals surface area (Å²) in [6, 6.07) is 5.77. The van der Waals surface area contributed by atoms with Gasteiger partial charge < -0.3 is 19.9 Å². The first kappa shape index (κ1) is 16.2. The maximum Gasteiger partial charge on any atom is 0.227 e. The van der Waals surface area contributed by atoms with Gasteiger partial charge in [0.05, 0.1) is 0 Å². The molecule has 124 valence electrons. The molecule has 0 unspecified atom stereocenters. The van der Waals surface area contributed by atoms with Crippen molar-refractivity contribution in [3.63, 3.8) is 0 Å². The Labute approximate surface area is 139 Å². The molecular weight excluding hydrogens is 335 g/mol. The summed E-state index contributed by atoms with van der Waals surface area (Å²) < 4.78 is 18.7. The summed E-state index contributed by atoms with van der Waals surface area (Å²) >= 11 is 1.32. The molecule has 0 amide bonds. The minimum Gasteiger partial charge on any atom is -0.502 e. The van der Waals surface area contributed by atoms with Crippen LogP contribution >= 0.6 is 11.3 Å². The monoisotopic (exact) mass is 348 g/mol. The third-order valence-electron chi connectivity index (χ3n) is 3.32. The minimum absolute atomic E-state index is 0.0147. The van der Waals surface area contributed by atoms with E-state index in [2.05, 4.69) is 10.3 Å². The topological polar surface area (TPSA) is 95.6 Å². The minimum atomic E-state index is -0.782. The van der Waals surface area contributed by atoms with Gasteiger partial charge in [0.25, 0.3) is 0 Å². The highest BCUT2D eigenvalue weighted by Gasteiger charge is 2.24. The van der Waals surface area contributed by atoms with E-state index in [0.717, 1.165) is 6.07 Å². The molecule has 8 heteroatoms. The Bertz CT molecular complexity index is 878. The molecule has 1 aromatic carbocycles. The van der Waals surface area contributed by atoms with Crippen LogP contribution in [0.5, 0.6) is 5.75 Å². The van der Waals surface area contributed by atoms with E-state index in [4.69, 9.17) is 4.42 Å². The van der Waals surface area contributed by atoms with Crippen molar-refractivity contribution in [3.8, 4) is 5.75 Å². The molecule has 3 aromatic rings. The van der Waals surface area contributed by atoms with Crippen molar-refractivity contribution < 1.29 is 19.0 Å². The summed E-state index contributed by atoms with van der Waals surface area (Å²) in [6.45, 7) is -0.490. The molecule has 2 aromatic heterocycles. The second-order valence-electron chi connectivity index (χ2n) is 4.91. The second-order valence-corrected chi connectivity index (χ2v) is 5.81. The van der Waals surface area contributed by atoms with E-state index in [1.807, 2.05) is 0 Å². The van der Waals surface area contributed by atoms with Crippen LogP contribution in [0.2, 0.25) is 0 Å². The summed E-state index contributed by atoms with van der Waals surface area (Å²) in [5.74, 6) is -1.05. The number of aromatic nitrogens is 1. The number of hydrogen-bond donors (Lipinski definition) is 3. The first-order chi connectivity index (χ1) is 11.6. The second kappa shape index (κ2) is 6.81. The number of rotatable bonds is 5. The smallest absolute Gasteiger partial charge is 0.227 e. The van der Waals surface area contributed by atoms with Crippen LogP contribution in [0.1, 0.15) is 23.1 Å². The molecule has 3 rings (SSSR count). The van der Waals surface area contributed by atoms with Gasteiger partial charge in [-0.15, -0.1) is 11.3 Å². The van der Waals surface area contributed by atoms with Crippen molar-refractivity contribution in [2.75, 3.05) is 5.32 Å². The fraction of sp³-hybridized carbons (Fsp3) is 0.125. The predicted molar refractivity (Wildman–Crippen MR) is 86.5 cm³/mol. The van der Waals surface area contributed by atoms with Gasteiger partial charge in [-0.3, -0.25) is 4.79 Å². The number of halogens is 1. The van der Waals surface area contributed by atoms with Gasteiger partial charge in [-0.05, 0) is 17.7 Å². The van der Waals surface area contributed by atoms with Crippen molar-refractivity contribution >= 4 is 16.5 Å². The van der Waals surface area contributed by atoms with Crippen LogP contribution in [-0.2, 0) is 6.61 Å². The Balaban J connectivity index is 2.12. The van der Waals surface area contributed by atoms with E-state index >= 15 is 0 Å². The predicted octanol–water partition coefficient (Wildman–Crippen LogP) is 2.63. The number of aliphatic hydroxyl groups excluding tert-OH is 1. The van der Waals surface area contributed by atoms with Crippen LogP contribution in [0.25, 0.3) is 0 Å². The summed E-state index contributed by atoms with van der Waals surface area (Å²) in [4.78, 5) is 16.0. The van der Waals surface area contributed by atoms with E-state index in [9.17, 15) is 19.4 Å². The van der Waals surface area contributed by atoms with Crippen molar-refractivity contribution in [2.24, 2.45) is 0 Å². The van der Waals surface area contributed by atoms with Crippen LogP contribution < -0.4 is 10.7 Å². The van der Waals surface area contributed by atoms with Crippen LogP contribution in [-0.4, -0.2) is 15.2 Å². The normalized spacial score (nSPS) is 12.1. The van der Waals surface area contributed by atoms with Crippen molar-refractivity contribution in [1.29, 1.82) is 0 Å². The fourth-order valence-electron chi connectivity index (χ4n) is 2.20. The van der Waals surface area contributed by atoms with Gasteiger partial charge >= 0.3 is 0 Å². The quantitative estimate of drug-likeness (QED) is 0.656. The molecule has 0 aliphatic rings.